The molecule has 0 radical (unpaired) electrons. The molecule has 3 rings (SSSR count). The molecule has 0 atom stereocenters. The maximum atomic E-state index is 13.9. The van der Waals surface area contributed by atoms with Gasteiger partial charge in [-0.25, -0.2) is 4.39 Å². The molecule has 1 heterocycles. The minimum Gasteiger partial charge on any atom is -0.486 e. The Balaban J connectivity index is 1.53. The molecule has 2 N–H and O–H groups in total. The fourth-order valence-corrected chi connectivity index (χ4v) is 2.92. The van der Waals surface area contributed by atoms with Gasteiger partial charge in [-0.3, -0.25) is 14.5 Å². The molecule has 2 aromatic carbocycles. The van der Waals surface area contributed by atoms with Gasteiger partial charge in [0.15, 0.2) is 11.5 Å². The normalized spacial score (nSPS) is 12.6. The quantitative estimate of drug-likeness (QED) is 0.746. The van der Waals surface area contributed by atoms with Crippen LogP contribution < -0.4 is 20.1 Å². The number of hydrogen-bond donors (Lipinski definition) is 2. The first-order chi connectivity index (χ1) is 13.9. The SMILES string of the molecule is CCN(CC(=O)Nc1ccc2c(c1)OCCO2)CC(=O)Nc1ccc(C)cc1F. The molecule has 0 fully saturated rings. The molecule has 0 unspecified atom stereocenters. The molecule has 8 heteroatoms. The summed E-state index contributed by atoms with van der Waals surface area (Å²) in [7, 11) is 0. The Morgan fingerprint density at radius 3 is 2.38 bits per heavy atom. The molecule has 7 nitrogen and oxygen atoms in total. The molecule has 0 aromatic heterocycles. The first-order valence-corrected chi connectivity index (χ1v) is 9.42. The fourth-order valence-electron chi connectivity index (χ4n) is 2.92. The van der Waals surface area contributed by atoms with E-state index in [2.05, 4.69) is 10.6 Å². The van der Waals surface area contributed by atoms with Crippen molar-refractivity contribution in [2.24, 2.45) is 0 Å². The van der Waals surface area contributed by atoms with E-state index in [1.54, 1.807) is 36.1 Å². The van der Waals surface area contributed by atoms with E-state index >= 15 is 0 Å². The highest BCUT2D eigenvalue weighted by Crippen LogP contribution is 2.32. The number of likely N-dealkylation sites (N-methyl/N-ethyl adjacent to an activating group) is 1. The van der Waals surface area contributed by atoms with Crippen LogP contribution in [0.4, 0.5) is 15.8 Å². The minimum absolute atomic E-state index is 0.0226. The van der Waals surface area contributed by atoms with Gasteiger partial charge in [0, 0.05) is 11.8 Å². The fraction of sp³-hybridized carbons (Fsp3) is 0.333. The smallest absolute Gasteiger partial charge is 0.238 e. The number of halogens is 1. The molecular formula is C21H24FN3O4. The Morgan fingerprint density at radius 1 is 1.00 bits per heavy atom. The Bertz CT molecular complexity index is 903. The number of ether oxygens (including phenoxy) is 2. The van der Waals surface area contributed by atoms with E-state index in [0.717, 1.165) is 5.56 Å². The summed E-state index contributed by atoms with van der Waals surface area (Å²) in [6.45, 7) is 5.06. The number of aryl methyl sites for hydroxylation is 1. The average molecular weight is 401 g/mol. The second-order valence-corrected chi connectivity index (χ2v) is 6.74. The summed E-state index contributed by atoms with van der Waals surface area (Å²) in [5, 5.41) is 5.33. The summed E-state index contributed by atoms with van der Waals surface area (Å²) in [6, 6.07) is 9.77. The summed E-state index contributed by atoms with van der Waals surface area (Å²) in [5.74, 6) is 0.0858. The molecule has 2 aromatic rings. The average Bonchev–Trinajstić information content (AvgIpc) is 2.69. The lowest BCUT2D eigenvalue weighted by molar-refractivity contribution is -0.119. The van der Waals surface area contributed by atoms with Crippen LogP contribution >= 0.6 is 0 Å². The maximum absolute atomic E-state index is 13.9. The van der Waals surface area contributed by atoms with Gasteiger partial charge in [-0.2, -0.15) is 0 Å². The Labute approximate surface area is 168 Å². The van der Waals surface area contributed by atoms with E-state index in [1.165, 1.54) is 12.1 Å². The molecule has 0 bridgehead atoms. The topological polar surface area (TPSA) is 79.9 Å². The number of carbonyl (C=O) groups excluding carboxylic acids is 2. The molecule has 1 aliphatic rings. The summed E-state index contributed by atoms with van der Waals surface area (Å²) in [6.07, 6.45) is 0. The van der Waals surface area contributed by atoms with Gasteiger partial charge < -0.3 is 20.1 Å². The van der Waals surface area contributed by atoms with Crippen LogP contribution in [-0.4, -0.2) is 49.6 Å². The largest absolute Gasteiger partial charge is 0.486 e. The van der Waals surface area contributed by atoms with Crippen molar-refractivity contribution in [1.29, 1.82) is 0 Å². The number of anilines is 2. The van der Waals surface area contributed by atoms with Crippen molar-refractivity contribution in [2.75, 3.05) is 43.5 Å². The third-order valence-electron chi connectivity index (χ3n) is 4.41. The number of fused-ring (bicyclic) bond motifs is 1. The van der Waals surface area contributed by atoms with Crippen LogP contribution in [0.15, 0.2) is 36.4 Å². The van der Waals surface area contributed by atoms with Gasteiger partial charge in [0.1, 0.15) is 19.0 Å². The van der Waals surface area contributed by atoms with Gasteiger partial charge in [0.25, 0.3) is 0 Å². The molecule has 1 aliphatic heterocycles. The highest BCUT2D eigenvalue weighted by Gasteiger charge is 2.16. The van der Waals surface area contributed by atoms with Crippen molar-refractivity contribution in [3.05, 3.63) is 47.8 Å². The van der Waals surface area contributed by atoms with Crippen LogP contribution in [0.1, 0.15) is 12.5 Å². The summed E-state index contributed by atoms with van der Waals surface area (Å²) >= 11 is 0. The van der Waals surface area contributed by atoms with Crippen molar-refractivity contribution < 1.29 is 23.5 Å². The Morgan fingerprint density at radius 2 is 1.69 bits per heavy atom. The van der Waals surface area contributed by atoms with Gasteiger partial charge in [0.05, 0.1) is 18.8 Å². The van der Waals surface area contributed by atoms with Crippen LogP contribution in [0.2, 0.25) is 0 Å². The van der Waals surface area contributed by atoms with E-state index in [-0.39, 0.29) is 30.6 Å². The van der Waals surface area contributed by atoms with Crippen molar-refractivity contribution >= 4 is 23.2 Å². The number of hydrogen-bond acceptors (Lipinski definition) is 5. The lowest BCUT2D eigenvalue weighted by atomic mass is 10.2. The molecule has 0 spiro atoms. The second-order valence-electron chi connectivity index (χ2n) is 6.74. The monoisotopic (exact) mass is 401 g/mol. The van der Waals surface area contributed by atoms with E-state index in [0.29, 0.717) is 36.9 Å². The third-order valence-corrected chi connectivity index (χ3v) is 4.41. The molecule has 2 amide bonds. The van der Waals surface area contributed by atoms with Crippen molar-refractivity contribution in [3.8, 4) is 11.5 Å². The highest BCUT2D eigenvalue weighted by molar-refractivity contribution is 5.95. The number of carbonyl (C=O) groups is 2. The van der Waals surface area contributed by atoms with Gasteiger partial charge >= 0.3 is 0 Å². The van der Waals surface area contributed by atoms with Crippen molar-refractivity contribution in [3.63, 3.8) is 0 Å². The first-order valence-electron chi connectivity index (χ1n) is 9.42. The highest BCUT2D eigenvalue weighted by atomic mass is 19.1. The third kappa shape index (κ3) is 5.68. The molecule has 0 saturated heterocycles. The summed E-state index contributed by atoms with van der Waals surface area (Å²) in [4.78, 5) is 26.3. The number of nitrogens with zero attached hydrogens (tertiary/aromatic N) is 1. The summed E-state index contributed by atoms with van der Waals surface area (Å²) in [5.41, 5.74) is 1.48. The minimum atomic E-state index is -0.488. The maximum Gasteiger partial charge on any atom is 0.238 e. The summed E-state index contributed by atoms with van der Waals surface area (Å²) < 4.78 is 24.9. The van der Waals surface area contributed by atoms with E-state index in [4.69, 9.17) is 9.47 Å². The number of nitrogens with one attached hydrogen (secondary N) is 2. The van der Waals surface area contributed by atoms with Gasteiger partial charge in [-0.15, -0.1) is 0 Å². The lowest BCUT2D eigenvalue weighted by Gasteiger charge is -2.21. The first kappa shape index (κ1) is 20.6. The molecule has 0 saturated carbocycles. The van der Waals surface area contributed by atoms with Gasteiger partial charge in [0.2, 0.25) is 11.8 Å². The van der Waals surface area contributed by atoms with Crippen molar-refractivity contribution in [1.82, 2.24) is 4.90 Å². The predicted molar refractivity (Wildman–Crippen MR) is 108 cm³/mol. The molecule has 154 valence electrons. The van der Waals surface area contributed by atoms with E-state index < -0.39 is 5.82 Å². The van der Waals surface area contributed by atoms with Gasteiger partial charge in [-0.1, -0.05) is 13.0 Å². The molecule has 29 heavy (non-hydrogen) atoms. The molecular weight excluding hydrogens is 377 g/mol. The number of amides is 2. The second kappa shape index (κ2) is 9.38. The molecule has 0 aliphatic carbocycles. The van der Waals surface area contributed by atoms with Crippen LogP contribution in [0.25, 0.3) is 0 Å². The predicted octanol–water partition coefficient (Wildman–Crippen LogP) is 2.80. The Kier molecular flexibility index (Phi) is 6.66. The van der Waals surface area contributed by atoms with Crippen LogP contribution in [0, 0.1) is 12.7 Å². The zero-order valence-electron chi connectivity index (χ0n) is 16.5. The van der Waals surface area contributed by atoms with E-state index in [9.17, 15) is 14.0 Å². The van der Waals surface area contributed by atoms with E-state index in [1.807, 2.05) is 6.92 Å². The number of rotatable bonds is 7. The Hall–Kier alpha value is -3.13. The lowest BCUT2D eigenvalue weighted by Crippen LogP contribution is -2.38. The van der Waals surface area contributed by atoms with Crippen molar-refractivity contribution in [2.45, 2.75) is 13.8 Å². The zero-order valence-corrected chi connectivity index (χ0v) is 16.5. The standard InChI is InChI=1S/C21H24FN3O4/c1-3-25(13-21(27)24-17-6-4-14(2)10-16(17)22)12-20(26)23-15-5-7-18-19(11-15)29-9-8-28-18/h4-7,10-11H,3,8-9,12-13H2,1-2H3,(H,23,26)(H,24,27). The van der Waals surface area contributed by atoms with Crippen LogP contribution in [-0.2, 0) is 9.59 Å². The van der Waals surface area contributed by atoms with Gasteiger partial charge in [-0.05, 0) is 43.3 Å². The van der Waals surface area contributed by atoms with Crippen LogP contribution in [0.3, 0.4) is 0 Å². The van der Waals surface area contributed by atoms with Crippen LogP contribution in [0.5, 0.6) is 11.5 Å². The number of benzene rings is 2. The zero-order chi connectivity index (χ0) is 20.8.